The zero-order chi connectivity index (χ0) is 7.33. The summed E-state index contributed by atoms with van der Waals surface area (Å²) in [7, 11) is 1.30. The van der Waals surface area contributed by atoms with Crippen LogP contribution in [0, 0.1) is 0 Å². The van der Waals surface area contributed by atoms with Crippen molar-refractivity contribution < 1.29 is 13.9 Å². The maximum atomic E-state index is 8.88. The second-order valence-corrected chi connectivity index (χ2v) is 4.22. The quantitative estimate of drug-likeness (QED) is 0.575. The van der Waals surface area contributed by atoms with Crippen LogP contribution in [0.25, 0.3) is 0 Å². The molecule has 0 aliphatic carbocycles. The molecule has 4 nitrogen and oxygen atoms in total. The minimum Gasteiger partial charge on any atom is -0.328 e. The lowest BCUT2D eigenvalue weighted by Crippen LogP contribution is -2.07. The first-order chi connectivity index (χ1) is 4.12. The van der Waals surface area contributed by atoms with E-state index >= 15 is 0 Å². The van der Waals surface area contributed by atoms with Crippen LogP contribution >= 0.6 is 6.72 Å². The lowest BCUT2D eigenvalue weighted by Gasteiger charge is -2.10. The Bertz CT molecular complexity index is 120. The first-order valence-corrected chi connectivity index (χ1v) is 4.94. The highest BCUT2D eigenvalue weighted by atomic mass is 32.5. The largest absolute Gasteiger partial charge is 0.328 e. The summed E-state index contributed by atoms with van der Waals surface area (Å²) in [6.45, 7) is -2.36. The van der Waals surface area contributed by atoms with E-state index < -0.39 is 6.72 Å². The molecule has 0 bridgehead atoms. The topological polar surface area (TPSA) is 64.7 Å². The van der Waals surface area contributed by atoms with Gasteiger partial charge in [0.2, 0.25) is 0 Å². The predicted molar refractivity (Wildman–Crippen MR) is 38.5 cm³/mol. The normalized spacial score (nSPS) is 17.2. The van der Waals surface area contributed by atoms with Crippen molar-refractivity contribution in [2.45, 2.75) is 0 Å². The fourth-order valence-electron chi connectivity index (χ4n) is 0.221. The van der Waals surface area contributed by atoms with Crippen LogP contribution in [-0.4, -0.2) is 25.2 Å². The Morgan fingerprint density at radius 2 is 2.33 bits per heavy atom. The molecule has 0 saturated carbocycles. The molecule has 0 spiro atoms. The molecule has 0 aromatic carbocycles. The second-order valence-electron chi connectivity index (χ2n) is 1.27. The van der Waals surface area contributed by atoms with Crippen molar-refractivity contribution in [1.82, 2.24) is 0 Å². The molecular formula is C3H10NO3PS. The maximum Gasteiger partial charge on any atom is 0.324 e. The van der Waals surface area contributed by atoms with Gasteiger partial charge in [0, 0.05) is 13.7 Å². The number of rotatable bonds is 4. The molecule has 0 saturated heterocycles. The molecule has 1 atom stereocenters. The minimum atomic E-state index is -2.94. The molecule has 0 aliphatic heterocycles. The molecule has 0 aromatic rings. The van der Waals surface area contributed by atoms with E-state index in [0.29, 0.717) is 6.54 Å². The van der Waals surface area contributed by atoms with Crippen molar-refractivity contribution in [2.75, 3.05) is 20.3 Å². The van der Waals surface area contributed by atoms with E-state index in [9.17, 15) is 0 Å². The number of nitrogens with two attached hydrogens (primary N) is 1. The molecule has 0 heterocycles. The van der Waals surface area contributed by atoms with Crippen LogP contribution < -0.4 is 5.73 Å². The summed E-state index contributed by atoms with van der Waals surface area (Å²) in [6, 6.07) is 0. The first-order valence-electron chi connectivity index (χ1n) is 2.35. The Balaban J connectivity index is 3.46. The zero-order valence-corrected chi connectivity index (χ0v) is 6.82. The summed E-state index contributed by atoms with van der Waals surface area (Å²) in [4.78, 5) is 8.88. The molecule has 9 heavy (non-hydrogen) atoms. The fraction of sp³-hybridized carbons (Fsp3) is 1.00. The van der Waals surface area contributed by atoms with E-state index in [-0.39, 0.29) is 6.61 Å². The SMILES string of the molecule is COP(O)(=S)OCCN. The van der Waals surface area contributed by atoms with Crippen molar-refractivity contribution >= 4 is 18.5 Å². The minimum absolute atomic E-state index is 0.238. The van der Waals surface area contributed by atoms with Gasteiger partial charge in [-0.3, -0.25) is 0 Å². The van der Waals surface area contributed by atoms with Gasteiger partial charge in [0.25, 0.3) is 0 Å². The fourth-order valence-corrected chi connectivity index (χ4v) is 0.886. The highest BCUT2D eigenvalue weighted by molar-refractivity contribution is 8.07. The molecule has 0 fully saturated rings. The Morgan fingerprint density at radius 1 is 1.78 bits per heavy atom. The Morgan fingerprint density at radius 3 is 2.67 bits per heavy atom. The van der Waals surface area contributed by atoms with E-state index in [2.05, 4.69) is 20.9 Å². The van der Waals surface area contributed by atoms with Gasteiger partial charge in [-0.2, -0.15) is 0 Å². The van der Waals surface area contributed by atoms with E-state index in [1.165, 1.54) is 7.11 Å². The Hall–Kier alpha value is 0.490. The third-order valence-electron chi connectivity index (χ3n) is 0.603. The molecular weight excluding hydrogens is 161 g/mol. The van der Waals surface area contributed by atoms with Crippen molar-refractivity contribution in [3.63, 3.8) is 0 Å². The van der Waals surface area contributed by atoms with Crippen LogP contribution in [0.5, 0.6) is 0 Å². The molecule has 56 valence electrons. The predicted octanol–water partition coefficient (Wildman–Crippen LogP) is -0.175. The molecule has 0 amide bonds. The monoisotopic (exact) mass is 171 g/mol. The molecule has 0 rings (SSSR count). The van der Waals surface area contributed by atoms with Gasteiger partial charge in [0.1, 0.15) is 0 Å². The van der Waals surface area contributed by atoms with Crippen LogP contribution in [0.3, 0.4) is 0 Å². The zero-order valence-electron chi connectivity index (χ0n) is 5.11. The molecule has 3 N–H and O–H groups in total. The van der Waals surface area contributed by atoms with Gasteiger partial charge in [-0.05, 0) is 11.8 Å². The van der Waals surface area contributed by atoms with Gasteiger partial charge in [0.15, 0.2) is 0 Å². The van der Waals surface area contributed by atoms with Crippen LogP contribution in [0.15, 0.2) is 0 Å². The molecule has 0 aliphatic rings. The smallest absolute Gasteiger partial charge is 0.324 e. The van der Waals surface area contributed by atoms with Gasteiger partial charge < -0.3 is 19.7 Å². The number of hydrogen-bond donors (Lipinski definition) is 2. The van der Waals surface area contributed by atoms with Gasteiger partial charge in [-0.25, -0.2) is 0 Å². The lowest BCUT2D eigenvalue weighted by atomic mass is 10.8. The lowest BCUT2D eigenvalue weighted by molar-refractivity contribution is 0.231. The van der Waals surface area contributed by atoms with Gasteiger partial charge in [0.05, 0.1) is 6.61 Å². The van der Waals surface area contributed by atoms with Crippen molar-refractivity contribution in [3.8, 4) is 0 Å². The van der Waals surface area contributed by atoms with Gasteiger partial charge in [-0.15, -0.1) is 0 Å². The average molecular weight is 171 g/mol. The van der Waals surface area contributed by atoms with Gasteiger partial charge >= 0.3 is 6.72 Å². The third kappa shape index (κ3) is 4.96. The van der Waals surface area contributed by atoms with Crippen LogP contribution in [-0.2, 0) is 20.9 Å². The van der Waals surface area contributed by atoms with E-state index in [1.807, 2.05) is 0 Å². The maximum absolute atomic E-state index is 8.88. The summed E-state index contributed by atoms with van der Waals surface area (Å²) in [5.74, 6) is 0. The highest BCUT2D eigenvalue weighted by Gasteiger charge is 2.09. The molecule has 0 radical (unpaired) electrons. The summed E-state index contributed by atoms with van der Waals surface area (Å²) in [5.41, 5.74) is 5.07. The summed E-state index contributed by atoms with van der Waals surface area (Å²) < 4.78 is 9.11. The third-order valence-corrected chi connectivity index (χ3v) is 2.34. The Labute approximate surface area is 59.2 Å². The average Bonchev–Trinajstić information content (AvgIpc) is 1.84. The van der Waals surface area contributed by atoms with E-state index in [1.54, 1.807) is 0 Å². The highest BCUT2D eigenvalue weighted by Crippen LogP contribution is 2.41. The van der Waals surface area contributed by atoms with E-state index in [0.717, 1.165) is 0 Å². The van der Waals surface area contributed by atoms with Gasteiger partial charge in [-0.1, -0.05) is 0 Å². The van der Waals surface area contributed by atoms with E-state index in [4.69, 9.17) is 10.6 Å². The van der Waals surface area contributed by atoms with Crippen molar-refractivity contribution in [1.29, 1.82) is 0 Å². The summed E-state index contributed by atoms with van der Waals surface area (Å²) in [6.07, 6.45) is 0. The summed E-state index contributed by atoms with van der Waals surface area (Å²) in [5, 5.41) is 0. The van der Waals surface area contributed by atoms with Crippen LogP contribution in [0.4, 0.5) is 0 Å². The second kappa shape index (κ2) is 4.33. The standard InChI is InChI=1S/C3H10NO3PS/c1-6-8(5,9)7-3-2-4/h2-4H2,1H3,(H,5,9). The van der Waals surface area contributed by atoms with Crippen molar-refractivity contribution in [3.05, 3.63) is 0 Å². The first kappa shape index (κ1) is 9.49. The van der Waals surface area contributed by atoms with Crippen LogP contribution in [0.1, 0.15) is 0 Å². The van der Waals surface area contributed by atoms with Crippen LogP contribution in [0.2, 0.25) is 0 Å². The summed E-state index contributed by atoms with van der Waals surface area (Å²) >= 11 is 4.48. The molecule has 6 heteroatoms. The molecule has 0 aromatic heterocycles. The Kier molecular flexibility index (Phi) is 4.56. The number of hydrogen-bond acceptors (Lipinski definition) is 4. The van der Waals surface area contributed by atoms with Crippen molar-refractivity contribution in [2.24, 2.45) is 5.73 Å². The molecule has 1 unspecified atom stereocenters.